The van der Waals surface area contributed by atoms with Crippen molar-refractivity contribution in [3.8, 4) is 33.4 Å². The van der Waals surface area contributed by atoms with Crippen LogP contribution < -0.4 is 120 Å². The van der Waals surface area contributed by atoms with Crippen LogP contribution in [0.4, 0.5) is 0 Å². The Morgan fingerprint density at radius 2 is 0.355 bits per heavy atom. The summed E-state index contributed by atoms with van der Waals surface area (Å²) in [4.78, 5) is 0. The van der Waals surface area contributed by atoms with Crippen LogP contribution in [-0.2, 0) is 0 Å². The van der Waals surface area contributed by atoms with E-state index < -0.39 is 0 Å². The quantitative estimate of drug-likeness (QED) is 0.0954. The van der Waals surface area contributed by atoms with Crippen LogP contribution >= 0.6 is 0 Å². The van der Waals surface area contributed by atoms with E-state index in [1.54, 1.807) is 0 Å². The smallest absolute Gasteiger partial charge is 0.102 e. The third-order valence-corrected chi connectivity index (χ3v) is 17.7. The molecule has 0 aliphatic rings. The highest BCUT2D eigenvalue weighted by Gasteiger charge is 2.28. The van der Waals surface area contributed by atoms with Crippen molar-refractivity contribution >= 4 is 336 Å². The van der Waals surface area contributed by atoms with Gasteiger partial charge in [-0.3, -0.25) is 0 Å². The minimum atomic E-state index is 1.29. The second-order valence-corrected chi connectivity index (χ2v) is 19.8. The molecule has 0 saturated heterocycles. The van der Waals surface area contributed by atoms with Gasteiger partial charge in [0.1, 0.15) is 173 Å². The Kier molecular flexibility index (Phi) is 11.2. The van der Waals surface area contributed by atoms with Crippen LogP contribution in [0.15, 0.2) is 24.3 Å². The third kappa shape index (κ3) is 5.92. The van der Waals surface area contributed by atoms with Crippen LogP contribution in [0.3, 0.4) is 0 Å². The Morgan fingerprint density at radius 1 is 0.145 bits per heavy atom. The molecule has 8 aromatic rings. The fourth-order valence-corrected chi connectivity index (χ4v) is 12.0. The summed E-state index contributed by atoms with van der Waals surface area (Å²) in [5.41, 5.74) is 39.0. The molecule has 0 atom stereocenters. The monoisotopic (exact) mass is 771 g/mol. The van der Waals surface area contributed by atoms with Crippen LogP contribution in [0.2, 0.25) is 0 Å². The molecule has 0 saturated carbocycles. The molecule has 0 radical (unpaired) electrons. The first-order chi connectivity index (χ1) is 29.0. The SMILES string of the molecule is Bc1c(B)c(B)c(-c2c3c(B)c(B)c(B)c(B)c3c(-c3ccc(-c4c(B)c5c(B)c(B)c(B)c(B)c5c5c(B)c(B)c(B)c(B)c45)cc3)c3c(B)c(B)c(B)c(B)c23)c(B)c1B. The first kappa shape index (κ1) is 44.8. The number of rotatable bonds is 3. The molecule has 274 valence electrons. The van der Waals surface area contributed by atoms with Gasteiger partial charge >= 0.3 is 0 Å². The molecule has 62 heavy (non-hydrogen) atoms. The van der Waals surface area contributed by atoms with Gasteiger partial charge in [-0.1, -0.05) is 84.4 Å². The molecule has 0 aromatic heterocycles. The highest BCUT2D eigenvalue weighted by molar-refractivity contribution is 6.76. The molecule has 0 nitrogen and oxygen atoms in total. The molecule has 0 heterocycles. The molecule has 0 bridgehead atoms. The minimum Gasteiger partial charge on any atom is -0.102 e. The van der Waals surface area contributed by atoms with Gasteiger partial charge < -0.3 is 0 Å². The minimum absolute atomic E-state index is 1.29. The van der Waals surface area contributed by atoms with Crippen LogP contribution in [0.5, 0.6) is 0 Å². The van der Waals surface area contributed by atoms with Crippen molar-refractivity contribution in [1.82, 2.24) is 0 Å². The van der Waals surface area contributed by atoms with E-state index in [1.165, 1.54) is 197 Å². The van der Waals surface area contributed by atoms with Crippen molar-refractivity contribution < 1.29 is 0 Å². The molecule has 0 spiro atoms. The van der Waals surface area contributed by atoms with Gasteiger partial charge in [-0.05, 0) is 76.5 Å². The summed E-state index contributed by atoms with van der Waals surface area (Å²) in [7, 11) is 51.8. The second kappa shape index (κ2) is 15.4. The molecule has 8 aromatic carbocycles. The van der Waals surface area contributed by atoms with Crippen molar-refractivity contribution in [2.45, 2.75) is 0 Å². The van der Waals surface area contributed by atoms with Crippen molar-refractivity contribution in [1.29, 1.82) is 0 Å². The van der Waals surface area contributed by atoms with Gasteiger partial charge in [0.05, 0.1) is 0 Å². The average molecular weight is 767 g/mol. The topological polar surface area (TPSA) is 0 Å². The van der Waals surface area contributed by atoms with Gasteiger partial charge in [-0.2, -0.15) is 0 Å². The van der Waals surface area contributed by atoms with Crippen LogP contribution in [0.25, 0.3) is 76.5 Å². The van der Waals surface area contributed by atoms with Crippen LogP contribution in [0.1, 0.15) is 0 Å². The maximum absolute atomic E-state index is 2.46. The van der Waals surface area contributed by atoms with E-state index in [2.05, 4.69) is 197 Å². The van der Waals surface area contributed by atoms with Crippen molar-refractivity contribution in [3.05, 3.63) is 24.3 Å². The molecule has 0 unspecified atom stereocenters. The summed E-state index contributed by atoms with van der Waals surface area (Å²) in [6.07, 6.45) is 0. The lowest BCUT2D eigenvalue weighted by Gasteiger charge is -2.30. The van der Waals surface area contributed by atoms with Crippen LogP contribution in [-0.4, -0.2) is 173 Å². The van der Waals surface area contributed by atoms with Crippen molar-refractivity contribution in [2.75, 3.05) is 0 Å². The highest BCUT2D eigenvalue weighted by atomic mass is 14.3. The lowest BCUT2D eigenvalue weighted by Crippen LogP contribution is -2.55. The fraction of sp³-hybridized carbons (Fsp3) is 0. The Bertz CT molecular complexity index is 3300. The predicted molar refractivity (Wildman–Crippen MR) is 353 cm³/mol. The van der Waals surface area contributed by atoms with E-state index in [0.29, 0.717) is 0 Å². The van der Waals surface area contributed by atoms with Gasteiger partial charge in [-0.25, -0.2) is 0 Å². The van der Waals surface area contributed by atoms with Gasteiger partial charge in [-0.15, -0.1) is 60.1 Å². The van der Waals surface area contributed by atoms with Gasteiger partial charge in [0.25, 0.3) is 0 Å². The predicted octanol–water partition coefficient (Wildman–Crippen LogP) is -27.0. The van der Waals surface area contributed by atoms with Crippen molar-refractivity contribution in [2.24, 2.45) is 0 Å². The zero-order chi connectivity index (χ0) is 45.6. The first-order valence-corrected chi connectivity index (χ1v) is 23.1. The zero-order valence-corrected chi connectivity index (χ0v) is 42.3. The van der Waals surface area contributed by atoms with Gasteiger partial charge in [0.15, 0.2) is 0 Å². The van der Waals surface area contributed by atoms with E-state index in [0.717, 1.165) is 0 Å². The maximum atomic E-state index is 2.46. The number of hydrogen-bond acceptors (Lipinski definition) is 0. The summed E-state index contributed by atoms with van der Waals surface area (Å²) < 4.78 is 0. The summed E-state index contributed by atoms with van der Waals surface area (Å²) in [5.74, 6) is 0. The number of fused-ring (bicyclic) bond motifs is 5. The molecule has 0 N–H and O–H groups in total. The summed E-state index contributed by atoms with van der Waals surface area (Å²) in [5, 5.41) is 11.4. The zero-order valence-electron chi connectivity index (χ0n) is 42.3. The first-order valence-electron chi connectivity index (χ1n) is 23.1. The molecular formula is C40H48B22. The number of hydrogen-bond donors (Lipinski definition) is 0. The van der Waals surface area contributed by atoms with E-state index in [1.807, 2.05) is 0 Å². The average Bonchev–Trinajstić information content (AvgIpc) is 3.26. The lowest BCUT2D eigenvalue weighted by atomic mass is 9.56. The lowest BCUT2D eigenvalue weighted by molar-refractivity contribution is 1.68. The van der Waals surface area contributed by atoms with E-state index in [9.17, 15) is 0 Å². The largest absolute Gasteiger partial charge is 0.140 e. The van der Waals surface area contributed by atoms with E-state index in [4.69, 9.17) is 0 Å². The fourth-order valence-electron chi connectivity index (χ4n) is 12.0. The van der Waals surface area contributed by atoms with E-state index >= 15 is 0 Å². The summed E-state index contributed by atoms with van der Waals surface area (Å²) >= 11 is 0. The highest BCUT2D eigenvalue weighted by Crippen LogP contribution is 2.40. The standard InChI is InChI=1S/C40H48B22/c41-19-8(12-15(25(47)35(57)32(54)22(12)44)16-18(19)29(51)37(59)36(58)26(16)48)6-3-1-5(2-4-6)7-10-13(23(45)33(55)30(52)20(10)42)9(14-11(7)21(43)31(53)34(56)24(14)46)17-27(49)38(60)40(62)39(61)28(17)50/h1-4H,41-62H2. The molecule has 0 aliphatic carbocycles. The number of benzene rings is 8. The molecule has 0 fully saturated rings. The molecule has 0 aliphatic heterocycles. The molecule has 22 heteroatoms. The molecule has 8 rings (SSSR count). The third-order valence-electron chi connectivity index (χ3n) is 17.7. The normalized spacial score (nSPS) is 11.7. The van der Waals surface area contributed by atoms with E-state index in [-0.39, 0.29) is 0 Å². The maximum Gasteiger partial charge on any atom is 0.140 e. The van der Waals surface area contributed by atoms with Gasteiger partial charge in [0.2, 0.25) is 0 Å². The Morgan fingerprint density at radius 3 is 0.694 bits per heavy atom. The summed E-state index contributed by atoms with van der Waals surface area (Å²) in [6.45, 7) is 0. The summed E-state index contributed by atoms with van der Waals surface area (Å²) in [6, 6.07) is 9.83. The van der Waals surface area contributed by atoms with Gasteiger partial charge in [0, 0.05) is 0 Å². The Hall–Kier alpha value is -3.77. The molecule has 0 amide bonds. The Labute approximate surface area is 391 Å². The molecular weight excluding hydrogens is 718 g/mol. The van der Waals surface area contributed by atoms with Crippen LogP contribution in [0, 0.1) is 0 Å². The second-order valence-electron chi connectivity index (χ2n) is 19.8. The van der Waals surface area contributed by atoms with Crippen molar-refractivity contribution in [3.63, 3.8) is 0 Å². The Balaban J connectivity index is 1.58.